The van der Waals surface area contributed by atoms with Crippen molar-refractivity contribution in [1.82, 2.24) is 14.4 Å². The molecule has 1 atom stereocenters. The van der Waals surface area contributed by atoms with Crippen molar-refractivity contribution in [2.75, 3.05) is 46.5 Å². The number of rotatable bonds is 5. The van der Waals surface area contributed by atoms with Gasteiger partial charge in [-0.05, 0) is 68.7 Å². The summed E-state index contributed by atoms with van der Waals surface area (Å²) >= 11 is 0. The fourth-order valence-electron chi connectivity index (χ4n) is 4.94. The molecule has 4 rings (SSSR count). The number of methoxy groups -OCH3 is 1. The minimum atomic E-state index is -0.318. The molecule has 3 heterocycles. The van der Waals surface area contributed by atoms with Gasteiger partial charge in [-0.25, -0.2) is 0 Å². The van der Waals surface area contributed by atoms with Crippen molar-refractivity contribution in [3.8, 4) is 17.5 Å². The maximum atomic E-state index is 13.3. The molecule has 0 saturated carbocycles. The van der Waals surface area contributed by atoms with Crippen molar-refractivity contribution in [1.29, 1.82) is 5.26 Å². The van der Waals surface area contributed by atoms with Crippen molar-refractivity contribution in [2.24, 2.45) is 5.92 Å². The van der Waals surface area contributed by atoms with Crippen LogP contribution in [0.5, 0.6) is 5.75 Å². The topological polar surface area (TPSA) is 87.8 Å². The van der Waals surface area contributed by atoms with E-state index in [9.17, 15) is 14.9 Å². The molecule has 1 aromatic carbocycles. The van der Waals surface area contributed by atoms with Gasteiger partial charge in [0.25, 0.3) is 5.91 Å². The van der Waals surface area contributed by atoms with Crippen molar-refractivity contribution in [3.05, 3.63) is 52.9 Å². The second kappa shape index (κ2) is 10.8. The number of piperidine rings is 1. The molecular formula is C27H32N4O4. The van der Waals surface area contributed by atoms with Gasteiger partial charge in [-0.2, -0.15) is 5.26 Å². The highest BCUT2D eigenvalue weighted by Crippen LogP contribution is 2.26. The first-order valence-electron chi connectivity index (χ1n) is 12.0. The SMILES string of the molecule is COc1ccc(-n2c(C)cc(/C=C(\C#N)C(=O)N3CCCC(C(=O)N4CCOCC4)C3)c2C)cc1. The van der Waals surface area contributed by atoms with E-state index in [-0.39, 0.29) is 23.3 Å². The summed E-state index contributed by atoms with van der Waals surface area (Å²) in [7, 11) is 1.63. The van der Waals surface area contributed by atoms with Crippen LogP contribution in [0.25, 0.3) is 11.8 Å². The molecule has 184 valence electrons. The number of amides is 2. The number of carbonyl (C=O) groups is 2. The largest absolute Gasteiger partial charge is 0.497 e. The monoisotopic (exact) mass is 476 g/mol. The van der Waals surface area contributed by atoms with Gasteiger partial charge in [-0.3, -0.25) is 9.59 Å². The van der Waals surface area contributed by atoms with Crippen LogP contribution in [-0.4, -0.2) is 72.7 Å². The van der Waals surface area contributed by atoms with Crippen molar-refractivity contribution in [3.63, 3.8) is 0 Å². The van der Waals surface area contributed by atoms with Crippen LogP contribution in [0.2, 0.25) is 0 Å². The van der Waals surface area contributed by atoms with E-state index in [0.29, 0.717) is 39.4 Å². The van der Waals surface area contributed by atoms with Crippen molar-refractivity contribution < 1.29 is 19.1 Å². The average molecular weight is 477 g/mol. The Hall–Kier alpha value is -3.57. The predicted molar refractivity (Wildman–Crippen MR) is 132 cm³/mol. The molecule has 0 N–H and O–H groups in total. The highest BCUT2D eigenvalue weighted by atomic mass is 16.5. The maximum Gasteiger partial charge on any atom is 0.264 e. The van der Waals surface area contributed by atoms with Gasteiger partial charge in [0, 0.05) is 43.3 Å². The van der Waals surface area contributed by atoms with E-state index >= 15 is 0 Å². The maximum absolute atomic E-state index is 13.3. The van der Waals surface area contributed by atoms with Crippen LogP contribution in [0.3, 0.4) is 0 Å². The lowest BCUT2D eigenvalue weighted by atomic mass is 9.95. The molecule has 2 saturated heterocycles. The molecule has 0 bridgehead atoms. The number of ether oxygens (including phenoxy) is 2. The lowest BCUT2D eigenvalue weighted by Gasteiger charge is -2.36. The van der Waals surface area contributed by atoms with E-state index < -0.39 is 0 Å². The average Bonchev–Trinajstić information content (AvgIpc) is 3.19. The van der Waals surface area contributed by atoms with Gasteiger partial charge in [0.1, 0.15) is 17.4 Å². The fourth-order valence-corrected chi connectivity index (χ4v) is 4.94. The third-order valence-corrected chi connectivity index (χ3v) is 6.83. The summed E-state index contributed by atoms with van der Waals surface area (Å²) < 4.78 is 12.7. The summed E-state index contributed by atoms with van der Waals surface area (Å²) in [6, 6.07) is 11.8. The van der Waals surface area contributed by atoms with Crippen LogP contribution in [0.1, 0.15) is 29.8 Å². The molecular weight excluding hydrogens is 444 g/mol. The smallest absolute Gasteiger partial charge is 0.264 e. The Morgan fingerprint density at radius 2 is 1.83 bits per heavy atom. The molecule has 2 fully saturated rings. The third kappa shape index (κ3) is 5.25. The zero-order chi connectivity index (χ0) is 24.9. The highest BCUT2D eigenvalue weighted by molar-refractivity contribution is 6.02. The van der Waals surface area contributed by atoms with Crippen LogP contribution in [-0.2, 0) is 14.3 Å². The Morgan fingerprint density at radius 3 is 2.49 bits per heavy atom. The molecule has 0 aliphatic carbocycles. The lowest BCUT2D eigenvalue weighted by molar-refractivity contribution is -0.143. The lowest BCUT2D eigenvalue weighted by Crippen LogP contribution is -2.49. The number of aryl methyl sites for hydroxylation is 1. The number of hydrogen-bond acceptors (Lipinski definition) is 5. The number of nitrogens with zero attached hydrogens (tertiary/aromatic N) is 4. The zero-order valence-electron chi connectivity index (χ0n) is 20.6. The molecule has 0 spiro atoms. The Morgan fingerprint density at radius 1 is 1.11 bits per heavy atom. The van der Waals surface area contributed by atoms with E-state index in [0.717, 1.165) is 41.2 Å². The van der Waals surface area contributed by atoms with E-state index in [1.54, 1.807) is 18.1 Å². The minimum absolute atomic E-state index is 0.0799. The minimum Gasteiger partial charge on any atom is -0.497 e. The van der Waals surface area contributed by atoms with Gasteiger partial charge < -0.3 is 23.8 Å². The second-order valence-electron chi connectivity index (χ2n) is 9.06. The van der Waals surface area contributed by atoms with Gasteiger partial charge in [0.15, 0.2) is 0 Å². The molecule has 1 unspecified atom stereocenters. The molecule has 8 nitrogen and oxygen atoms in total. The molecule has 2 aliphatic heterocycles. The summed E-state index contributed by atoms with van der Waals surface area (Å²) in [6.45, 7) is 7.16. The first-order chi connectivity index (χ1) is 16.9. The van der Waals surface area contributed by atoms with E-state index in [2.05, 4.69) is 10.6 Å². The van der Waals surface area contributed by atoms with Crippen LogP contribution < -0.4 is 4.74 Å². The van der Waals surface area contributed by atoms with Gasteiger partial charge >= 0.3 is 0 Å². The van der Waals surface area contributed by atoms with Crippen LogP contribution in [0.15, 0.2) is 35.9 Å². The Kier molecular flexibility index (Phi) is 7.57. The number of likely N-dealkylation sites (tertiary alicyclic amines) is 1. The second-order valence-corrected chi connectivity index (χ2v) is 9.06. The third-order valence-electron chi connectivity index (χ3n) is 6.83. The summed E-state index contributed by atoms with van der Waals surface area (Å²) in [5, 5.41) is 9.83. The van der Waals surface area contributed by atoms with E-state index in [1.165, 1.54) is 0 Å². The van der Waals surface area contributed by atoms with Gasteiger partial charge in [-0.15, -0.1) is 0 Å². The molecule has 35 heavy (non-hydrogen) atoms. The zero-order valence-corrected chi connectivity index (χ0v) is 20.6. The number of nitriles is 1. The Bertz CT molecular complexity index is 1150. The number of aromatic nitrogens is 1. The fraction of sp³-hybridized carbons (Fsp3) is 0.444. The Balaban J connectivity index is 1.52. The van der Waals surface area contributed by atoms with E-state index in [1.807, 2.05) is 49.1 Å². The first kappa shape index (κ1) is 24.6. The molecule has 8 heteroatoms. The molecule has 2 aromatic rings. The predicted octanol–water partition coefficient (Wildman–Crippen LogP) is 3.11. The van der Waals surface area contributed by atoms with Gasteiger partial charge in [0.05, 0.1) is 26.2 Å². The number of carbonyl (C=O) groups excluding carboxylic acids is 2. The summed E-state index contributed by atoms with van der Waals surface area (Å²) in [5.74, 6) is 0.309. The summed E-state index contributed by atoms with van der Waals surface area (Å²) in [5.41, 5.74) is 3.82. The molecule has 2 amide bonds. The summed E-state index contributed by atoms with van der Waals surface area (Å²) in [4.78, 5) is 29.7. The normalized spacial score (nSPS) is 18.8. The van der Waals surface area contributed by atoms with Crippen LogP contribution in [0, 0.1) is 31.1 Å². The standard InChI is InChI=1S/C27H32N4O4/c1-19-15-22(20(2)31(19)24-6-8-25(34-3)9-7-24)16-23(17-28)27(33)30-10-4-5-21(18-30)26(32)29-11-13-35-14-12-29/h6-9,15-16,21H,4-5,10-14,18H2,1-3H3/b23-16+. The van der Waals surface area contributed by atoms with Crippen LogP contribution in [0.4, 0.5) is 0 Å². The summed E-state index contributed by atoms with van der Waals surface area (Å²) in [6.07, 6.45) is 3.17. The Labute approximate surface area is 206 Å². The van der Waals surface area contributed by atoms with E-state index in [4.69, 9.17) is 9.47 Å². The number of hydrogen-bond donors (Lipinski definition) is 0. The first-order valence-corrected chi connectivity index (χ1v) is 12.0. The molecule has 0 radical (unpaired) electrons. The quantitative estimate of drug-likeness (QED) is 0.489. The highest BCUT2D eigenvalue weighted by Gasteiger charge is 2.32. The van der Waals surface area contributed by atoms with Crippen LogP contribution >= 0.6 is 0 Å². The number of benzene rings is 1. The molecule has 2 aliphatic rings. The molecule has 1 aromatic heterocycles. The van der Waals surface area contributed by atoms with Gasteiger partial charge in [-0.1, -0.05) is 0 Å². The number of morpholine rings is 1. The van der Waals surface area contributed by atoms with Gasteiger partial charge in [0.2, 0.25) is 5.91 Å². The van der Waals surface area contributed by atoms with Crippen molar-refractivity contribution in [2.45, 2.75) is 26.7 Å². The van der Waals surface area contributed by atoms with Crippen molar-refractivity contribution >= 4 is 17.9 Å².